The zero-order chi connectivity index (χ0) is 10.7. The molecule has 0 spiro atoms. The largest absolute Gasteiger partial charge is 0.359 e. The van der Waals surface area contributed by atoms with Crippen molar-refractivity contribution in [2.24, 2.45) is 5.92 Å². The van der Waals surface area contributed by atoms with E-state index in [0.717, 1.165) is 5.82 Å². The summed E-state index contributed by atoms with van der Waals surface area (Å²) in [6.07, 6.45) is 0. The van der Waals surface area contributed by atoms with Crippen LogP contribution >= 0.6 is 0 Å². The molecule has 0 bridgehead atoms. The summed E-state index contributed by atoms with van der Waals surface area (Å²) in [6.45, 7) is 5.66. The SMILES string of the molecule is CNC(=O)C(C)C(C)c1n[nH]c(C)n1. The van der Waals surface area contributed by atoms with E-state index in [1.54, 1.807) is 7.05 Å². The highest BCUT2D eigenvalue weighted by atomic mass is 16.1. The Balaban J connectivity index is 2.74. The van der Waals surface area contributed by atoms with Gasteiger partial charge in [0.25, 0.3) is 0 Å². The molecule has 1 heterocycles. The quantitative estimate of drug-likeness (QED) is 0.743. The van der Waals surface area contributed by atoms with Crippen molar-refractivity contribution in [2.45, 2.75) is 26.7 Å². The third-order valence-corrected chi connectivity index (χ3v) is 2.43. The lowest BCUT2D eigenvalue weighted by Crippen LogP contribution is -2.29. The summed E-state index contributed by atoms with van der Waals surface area (Å²) >= 11 is 0. The fraction of sp³-hybridized carbons (Fsp3) is 0.667. The Kier molecular flexibility index (Phi) is 3.22. The van der Waals surface area contributed by atoms with E-state index in [9.17, 15) is 4.79 Å². The number of H-pyrrole nitrogens is 1. The first-order chi connectivity index (χ1) is 6.56. The molecule has 2 atom stereocenters. The molecular weight excluding hydrogens is 180 g/mol. The highest BCUT2D eigenvalue weighted by Gasteiger charge is 2.23. The van der Waals surface area contributed by atoms with Gasteiger partial charge in [-0.25, -0.2) is 4.98 Å². The Morgan fingerprint density at radius 2 is 2.14 bits per heavy atom. The Morgan fingerprint density at radius 3 is 2.57 bits per heavy atom. The van der Waals surface area contributed by atoms with Crippen molar-refractivity contribution in [2.75, 3.05) is 7.05 Å². The van der Waals surface area contributed by atoms with E-state index in [-0.39, 0.29) is 17.7 Å². The number of nitrogens with one attached hydrogen (secondary N) is 2. The van der Waals surface area contributed by atoms with Crippen LogP contribution in [0.1, 0.15) is 31.4 Å². The second-order valence-corrected chi connectivity index (χ2v) is 3.47. The van der Waals surface area contributed by atoms with Gasteiger partial charge in [-0.3, -0.25) is 9.89 Å². The van der Waals surface area contributed by atoms with Crippen molar-refractivity contribution in [1.29, 1.82) is 0 Å². The fourth-order valence-corrected chi connectivity index (χ4v) is 1.24. The van der Waals surface area contributed by atoms with Crippen LogP contribution in [0, 0.1) is 12.8 Å². The van der Waals surface area contributed by atoms with E-state index in [1.165, 1.54) is 0 Å². The number of aryl methyl sites for hydroxylation is 1. The van der Waals surface area contributed by atoms with Gasteiger partial charge in [0.1, 0.15) is 5.82 Å². The standard InChI is InChI=1S/C9H16N4O/c1-5(6(2)9(14)10-4)8-11-7(3)12-13-8/h5-6H,1-4H3,(H,10,14)(H,11,12,13). The highest BCUT2D eigenvalue weighted by Crippen LogP contribution is 2.20. The van der Waals surface area contributed by atoms with Crippen molar-refractivity contribution in [1.82, 2.24) is 20.5 Å². The van der Waals surface area contributed by atoms with Crippen LogP contribution < -0.4 is 5.32 Å². The summed E-state index contributed by atoms with van der Waals surface area (Å²) in [5, 5.41) is 9.42. The molecule has 2 unspecified atom stereocenters. The van der Waals surface area contributed by atoms with Gasteiger partial charge in [0.15, 0.2) is 5.82 Å². The molecule has 1 amide bonds. The molecule has 0 aliphatic heterocycles. The maximum absolute atomic E-state index is 11.4. The number of amides is 1. The molecule has 0 fully saturated rings. The third-order valence-electron chi connectivity index (χ3n) is 2.43. The van der Waals surface area contributed by atoms with Crippen molar-refractivity contribution in [3.05, 3.63) is 11.6 Å². The molecule has 1 aromatic rings. The minimum Gasteiger partial charge on any atom is -0.359 e. The molecule has 0 aromatic carbocycles. The summed E-state index contributed by atoms with van der Waals surface area (Å²) in [5.74, 6) is 1.39. The molecule has 5 nitrogen and oxygen atoms in total. The number of rotatable bonds is 3. The van der Waals surface area contributed by atoms with E-state index < -0.39 is 0 Å². The van der Waals surface area contributed by atoms with Gasteiger partial charge in [0, 0.05) is 18.9 Å². The van der Waals surface area contributed by atoms with Gasteiger partial charge in [-0.15, -0.1) is 0 Å². The maximum atomic E-state index is 11.4. The van der Waals surface area contributed by atoms with Crippen LogP contribution in [0.25, 0.3) is 0 Å². The van der Waals surface area contributed by atoms with Crippen LogP contribution in [-0.2, 0) is 4.79 Å². The fourth-order valence-electron chi connectivity index (χ4n) is 1.24. The molecule has 0 aliphatic carbocycles. The van der Waals surface area contributed by atoms with Crippen LogP contribution in [0.15, 0.2) is 0 Å². The number of carbonyl (C=O) groups excluding carboxylic acids is 1. The Hall–Kier alpha value is -1.39. The number of aromatic amines is 1. The molecule has 0 aliphatic rings. The first-order valence-electron chi connectivity index (χ1n) is 4.66. The molecule has 1 rings (SSSR count). The van der Waals surface area contributed by atoms with Crippen LogP contribution in [-0.4, -0.2) is 28.1 Å². The first kappa shape index (κ1) is 10.7. The van der Waals surface area contributed by atoms with Crippen molar-refractivity contribution < 1.29 is 4.79 Å². The molecule has 1 aromatic heterocycles. The van der Waals surface area contributed by atoms with E-state index in [0.29, 0.717) is 5.82 Å². The van der Waals surface area contributed by atoms with Crippen LogP contribution in [0.2, 0.25) is 0 Å². The Morgan fingerprint density at radius 1 is 1.50 bits per heavy atom. The normalized spacial score (nSPS) is 14.9. The molecule has 0 radical (unpaired) electrons. The zero-order valence-corrected chi connectivity index (χ0v) is 8.96. The van der Waals surface area contributed by atoms with E-state index >= 15 is 0 Å². The zero-order valence-electron chi connectivity index (χ0n) is 8.96. The average molecular weight is 196 g/mol. The lowest BCUT2D eigenvalue weighted by Gasteiger charge is -2.14. The lowest BCUT2D eigenvalue weighted by molar-refractivity contribution is -0.124. The first-order valence-corrected chi connectivity index (χ1v) is 4.66. The van der Waals surface area contributed by atoms with E-state index in [2.05, 4.69) is 20.5 Å². The molecule has 0 saturated carbocycles. The number of hydrogen-bond acceptors (Lipinski definition) is 3. The minimum atomic E-state index is -0.116. The third kappa shape index (κ3) is 2.10. The molecule has 0 saturated heterocycles. The summed E-state index contributed by atoms with van der Waals surface area (Å²) in [5.41, 5.74) is 0. The van der Waals surface area contributed by atoms with Crippen molar-refractivity contribution in [3.8, 4) is 0 Å². The number of nitrogens with zero attached hydrogens (tertiary/aromatic N) is 2. The second kappa shape index (κ2) is 4.21. The van der Waals surface area contributed by atoms with Crippen LogP contribution in [0.3, 0.4) is 0 Å². The van der Waals surface area contributed by atoms with Gasteiger partial charge in [-0.05, 0) is 6.92 Å². The number of aromatic nitrogens is 3. The Labute approximate surface area is 83.3 Å². The molecule has 5 heteroatoms. The topological polar surface area (TPSA) is 70.7 Å². The van der Waals surface area contributed by atoms with Gasteiger partial charge < -0.3 is 5.32 Å². The maximum Gasteiger partial charge on any atom is 0.223 e. The smallest absolute Gasteiger partial charge is 0.223 e. The molecule has 2 N–H and O–H groups in total. The second-order valence-electron chi connectivity index (χ2n) is 3.47. The van der Waals surface area contributed by atoms with Gasteiger partial charge in [-0.2, -0.15) is 5.10 Å². The van der Waals surface area contributed by atoms with Crippen LogP contribution in [0.4, 0.5) is 0 Å². The summed E-state index contributed by atoms with van der Waals surface area (Å²) < 4.78 is 0. The predicted octanol–water partition coefficient (Wildman–Crippen LogP) is 0.599. The summed E-state index contributed by atoms with van der Waals surface area (Å²) in [6, 6.07) is 0. The van der Waals surface area contributed by atoms with Crippen molar-refractivity contribution in [3.63, 3.8) is 0 Å². The average Bonchev–Trinajstić information content (AvgIpc) is 2.61. The lowest BCUT2D eigenvalue weighted by atomic mass is 9.94. The van der Waals surface area contributed by atoms with Gasteiger partial charge in [0.2, 0.25) is 5.91 Å². The van der Waals surface area contributed by atoms with E-state index in [4.69, 9.17) is 0 Å². The van der Waals surface area contributed by atoms with Crippen molar-refractivity contribution >= 4 is 5.91 Å². The number of carbonyl (C=O) groups is 1. The molecular formula is C9H16N4O. The Bertz CT molecular complexity index is 320. The van der Waals surface area contributed by atoms with Gasteiger partial charge in [-0.1, -0.05) is 13.8 Å². The monoisotopic (exact) mass is 196 g/mol. The molecule has 78 valence electrons. The van der Waals surface area contributed by atoms with Crippen LogP contribution in [0.5, 0.6) is 0 Å². The van der Waals surface area contributed by atoms with Gasteiger partial charge in [0.05, 0.1) is 0 Å². The summed E-state index contributed by atoms with van der Waals surface area (Å²) in [7, 11) is 1.63. The predicted molar refractivity (Wildman–Crippen MR) is 52.8 cm³/mol. The summed E-state index contributed by atoms with van der Waals surface area (Å²) in [4.78, 5) is 15.6. The molecule has 14 heavy (non-hydrogen) atoms. The highest BCUT2D eigenvalue weighted by molar-refractivity contribution is 5.78. The number of hydrogen-bond donors (Lipinski definition) is 2. The minimum absolute atomic E-state index is 0.0138. The van der Waals surface area contributed by atoms with E-state index in [1.807, 2.05) is 20.8 Å². The van der Waals surface area contributed by atoms with Gasteiger partial charge >= 0.3 is 0 Å².